The molecule has 1 aromatic heterocycles. The Morgan fingerprint density at radius 3 is 2.96 bits per heavy atom. The fraction of sp³-hybridized carbons (Fsp3) is 0.389. The minimum absolute atomic E-state index is 0.190. The van der Waals surface area contributed by atoms with Gasteiger partial charge in [-0.3, -0.25) is 9.78 Å². The molecule has 0 fully saturated rings. The van der Waals surface area contributed by atoms with E-state index in [2.05, 4.69) is 32.7 Å². The van der Waals surface area contributed by atoms with Crippen molar-refractivity contribution in [1.29, 1.82) is 0 Å². The maximum atomic E-state index is 12.5. The molecule has 7 nitrogen and oxygen atoms in total. The number of hydrogen-bond acceptors (Lipinski definition) is 4. The lowest BCUT2D eigenvalue weighted by atomic mass is 9.88. The van der Waals surface area contributed by atoms with Gasteiger partial charge in [0.25, 0.3) is 0 Å². The van der Waals surface area contributed by atoms with Gasteiger partial charge in [-0.05, 0) is 50.2 Å². The Balaban J connectivity index is 1.69. The molecule has 2 atom stereocenters. The van der Waals surface area contributed by atoms with Gasteiger partial charge in [-0.1, -0.05) is 24.3 Å². The van der Waals surface area contributed by atoms with Crippen molar-refractivity contribution in [3.05, 3.63) is 46.4 Å². The van der Waals surface area contributed by atoms with Crippen molar-refractivity contribution in [1.82, 2.24) is 15.2 Å². The highest BCUT2D eigenvalue weighted by atomic mass is 16.2. The quantitative estimate of drug-likeness (QED) is 0.623. The third-order valence-electron chi connectivity index (χ3n) is 4.57. The highest BCUT2D eigenvalue weighted by molar-refractivity contribution is 5.95. The fourth-order valence-corrected chi connectivity index (χ4v) is 3.07. The number of carbonyl (C=O) groups is 1. The predicted octanol–water partition coefficient (Wildman–Crippen LogP) is 2.09. The number of rotatable bonds is 5. The van der Waals surface area contributed by atoms with Crippen LogP contribution in [0.1, 0.15) is 31.2 Å². The first-order valence-electron chi connectivity index (χ1n) is 8.50. The number of aromatic nitrogens is 3. The summed E-state index contributed by atoms with van der Waals surface area (Å²) >= 11 is 0. The molecule has 0 radical (unpaired) electrons. The molecule has 132 valence electrons. The number of allylic oxidation sites excluding steroid dienone is 2. The van der Waals surface area contributed by atoms with Crippen LogP contribution in [-0.2, 0) is 4.79 Å². The molecule has 2 aromatic rings. The molecule has 1 aliphatic rings. The number of benzene rings is 1. The topological polar surface area (TPSA) is 117 Å². The highest BCUT2D eigenvalue weighted by Crippen LogP contribution is 2.25. The zero-order valence-electron chi connectivity index (χ0n) is 14.2. The average Bonchev–Trinajstić information content (AvgIpc) is 3.04. The maximum absolute atomic E-state index is 12.5. The number of aryl methyl sites for hydroxylation is 1. The molecule has 0 aliphatic heterocycles. The molecule has 0 spiro atoms. The minimum atomic E-state index is -0.537. The Morgan fingerprint density at radius 2 is 2.28 bits per heavy atom. The van der Waals surface area contributed by atoms with Gasteiger partial charge in [-0.2, -0.15) is 5.10 Å². The lowest BCUT2D eigenvalue weighted by Crippen LogP contribution is -2.37. The molecular weight excluding hydrogens is 318 g/mol. The van der Waals surface area contributed by atoms with Gasteiger partial charge < -0.3 is 11.1 Å². The lowest BCUT2D eigenvalue weighted by Gasteiger charge is -2.21. The summed E-state index contributed by atoms with van der Waals surface area (Å²) in [7, 11) is 0. The van der Waals surface area contributed by atoms with Crippen molar-refractivity contribution in [2.24, 2.45) is 11.7 Å². The Bertz CT molecular complexity index is 836. The summed E-state index contributed by atoms with van der Waals surface area (Å²) in [5, 5.41) is 9.15. The molecular formula is C18H23N5O2. The monoisotopic (exact) mass is 341 g/mol. The molecule has 7 heteroatoms. The summed E-state index contributed by atoms with van der Waals surface area (Å²) < 4.78 is 0. The maximum Gasteiger partial charge on any atom is 0.340 e. The van der Waals surface area contributed by atoms with Crippen LogP contribution in [0.4, 0.5) is 5.69 Å². The van der Waals surface area contributed by atoms with Gasteiger partial charge in [0, 0.05) is 11.3 Å². The summed E-state index contributed by atoms with van der Waals surface area (Å²) in [6.07, 6.45) is 8.15. The third kappa shape index (κ3) is 4.24. The predicted molar refractivity (Wildman–Crippen MR) is 97.1 cm³/mol. The number of nitrogens with two attached hydrogens (primary N) is 1. The molecule has 2 unspecified atom stereocenters. The van der Waals surface area contributed by atoms with E-state index in [4.69, 9.17) is 5.73 Å². The van der Waals surface area contributed by atoms with Gasteiger partial charge in [-0.15, -0.1) is 0 Å². The Morgan fingerprint density at radius 1 is 1.44 bits per heavy atom. The van der Waals surface area contributed by atoms with E-state index in [1.165, 1.54) is 0 Å². The van der Waals surface area contributed by atoms with E-state index in [1.807, 2.05) is 19.1 Å². The molecule has 1 aliphatic carbocycles. The van der Waals surface area contributed by atoms with Gasteiger partial charge >= 0.3 is 5.69 Å². The number of nitrogens with zero attached hydrogens (tertiary/aromatic N) is 1. The molecule has 1 aromatic carbocycles. The molecule has 0 saturated heterocycles. The van der Waals surface area contributed by atoms with E-state index in [0.717, 1.165) is 24.8 Å². The van der Waals surface area contributed by atoms with Crippen molar-refractivity contribution in [3.63, 3.8) is 0 Å². The number of aromatic amines is 2. The standard InChI is InChI=1S/C18H23N5O2/c1-11-7-8-13(16-21-18(25)23-22-16)10-15(11)20-17(24)14(19)9-12-5-3-2-4-6-12/h2-3,7-8,10,12,14H,4-6,9,19H2,1H3,(H,20,24)(H2,21,22,23,25). The highest BCUT2D eigenvalue weighted by Gasteiger charge is 2.20. The van der Waals surface area contributed by atoms with Gasteiger partial charge in [0.1, 0.15) is 0 Å². The zero-order chi connectivity index (χ0) is 17.8. The molecule has 0 bridgehead atoms. The normalized spacial score (nSPS) is 18.1. The largest absolute Gasteiger partial charge is 0.340 e. The van der Waals surface area contributed by atoms with E-state index < -0.39 is 6.04 Å². The summed E-state index contributed by atoms with van der Waals surface area (Å²) in [6, 6.07) is 4.96. The number of H-pyrrole nitrogens is 2. The Hall–Kier alpha value is -2.67. The van der Waals surface area contributed by atoms with Gasteiger partial charge in [-0.25, -0.2) is 9.89 Å². The average molecular weight is 341 g/mol. The number of nitrogens with one attached hydrogen (secondary N) is 3. The van der Waals surface area contributed by atoms with E-state index in [9.17, 15) is 9.59 Å². The Kier molecular flexibility index (Phi) is 5.14. The van der Waals surface area contributed by atoms with Gasteiger partial charge in [0.15, 0.2) is 5.82 Å². The first kappa shape index (κ1) is 17.2. The Labute approximate surface area is 145 Å². The van der Waals surface area contributed by atoms with E-state index in [-0.39, 0.29) is 11.6 Å². The van der Waals surface area contributed by atoms with Crippen LogP contribution in [-0.4, -0.2) is 27.1 Å². The van der Waals surface area contributed by atoms with Crippen molar-refractivity contribution in [2.75, 3.05) is 5.32 Å². The summed E-state index contributed by atoms with van der Waals surface area (Å²) in [4.78, 5) is 26.3. The van der Waals surface area contributed by atoms with Crippen molar-refractivity contribution < 1.29 is 4.79 Å². The van der Waals surface area contributed by atoms with Crippen LogP contribution >= 0.6 is 0 Å². The molecule has 3 rings (SSSR count). The molecule has 5 N–H and O–H groups in total. The number of anilines is 1. The van der Waals surface area contributed by atoms with Crippen LogP contribution in [0.25, 0.3) is 11.4 Å². The van der Waals surface area contributed by atoms with Crippen LogP contribution in [0.3, 0.4) is 0 Å². The second-order valence-electron chi connectivity index (χ2n) is 6.54. The van der Waals surface area contributed by atoms with E-state index in [0.29, 0.717) is 29.4 Å². The summed E-state index contributed by atoms with van der Waals surface area (Å²) in [5.41, 5.74) is 8.03. The van der Waals surface area contributed by atoms with Gasteiger partial charge in [0.05, 0.1) is 6.04 Å². The second-order valence-corrected chi connectivity index (χ2v) is 6.54. The zero-order valence-corrected chi connectivity index (χ0v) is 14.2. The van der Waals surface area contributed by atoms with Crippen LogP contribution in [0.15, 0.2) is 35.1 Å². The number of amides is 1. The number of carbonyl (C=O) groups excluding carboxylic acids is 1. The first-order chi connectivity index (χ1) is 12.0. The van der Waals surface area contributed by atoms with Crippen LogP contribution in [0, 0.1) is 12.8 Å². The van der Waals surface area contributed by atoms with Crippen LogP contribution in [0.2, 0.25) is 0 Å². The molecule has 1 amide bonds. The van der Waals surface area contributed by atoms with Gasteiger partial charge in [0.2, 0.25) is 5.91 Å². The van der Waals surface area contributed by atoms with E-state index >= 15 is 0 Å². The van der Waals surface area contributed by atoms with Crippen LogP contribution < -0.4 is 16.7 Å². The third-order valence-corrected chi connectivity index (χ3v) is 4.57. The first-order valence-corrected chi connectivity index (χ1v) is 8.50. The SMILES string of the molecule is Cc1ccc(-c2n[nH]c(=O)[nH]2)cc1NC(=O)C(N)CC1CC=CCC1. The summed E-state index contributed by atoms with van der Waals surface area (Å²) in [6.45, 7) is 1.91. The second kappa shape index (κ2) is 7.48. The van der Waals surface area contributed by atoms with Crippen molar-refractivity contribution in [2.45, 2.75) is 38.6 Å². The van der Waals surface area contributed by atoms with Crippen molar-refractivity contribution >= 4 is 11.6 Å². The van der Waals surface area contributed by atoms with E-state index in [1.54, 1.807) is 6.07 Å². The lowest BCUT2D eigenvalue weighted by molar-refractivity contribution is -0.117. The molecule has 1 heterocycles. The molecule has 0 saturated carbocycles. The van der Waals surface area contributed by atoms with Crippen LogP contribution in [0.5, 0.6) is 0 Å². The summed E-state index contributed by atoms with van der Waals surface area (Å²) in [5.74, 6) is 0.705. The fourth-order valence-electron chi connectivity index (χ4n) is 3.07. The minimum Gasteiger partial charge on any atom is -0.324 e. The number of hydrogen-bond donors (Lipinski definition) is 4. The molecule has 25 heavy (non-hydrogen) atoms. The van der Waals surface area contributed by atoms with Crippen molar-refractivity contribution in [3.8, 4) is 11.4 Å². The smallest absolute Gasteiger partial charge is 0.324 e.